The molecule has 0 aliphatic carbocycles. The normalized spacial score (nSPS) is 11.2. The number of thiocarbonyl (C=S) groups is 1. The van der Waals surface area contributed by atoms with Gasteiger partial charge in [0.05, 0.1) is 5.52 Å². The number of benzene rings is 2. The summed E-state index contributed by atoms with van der Waals surface area (Å²) < 4.78 is 0. The second-order valence-corrected chi connectivity index (χ2v) is 5.44. The van der Waals surface area contributed by atoms with Crippen molar-refractivity contribution >= 4 is 39.6 Å². The van der Waals surface area contributed by atoms with Crippen LogP contribution in [0.15, 0.2) is 58.8 Å². The number of nitrogens with zero attached hydrogens (tertiary/aromatic N) is 2. The number of hydrogen-bond donors (Lipinski definition) is 3. The Morgan fingerprint density at radius 3 is 2.87 bits per heavy atom. The van der Waals surface area contributed by atoms with E-state index in [2.05, 4.69) is 33.5 Å². The summed E-state index contributed by atoms with van der Waals surface area (Å²) in [6.45, 7) is 2.09. The molecule has 1 aromatic heterocycles. The van der Waals surface area contributed by atoms with Gasteiger partial charge in [-0.25, -0.2) is 0 Å². The Bertz CT molecular complexity index is 885. The van der Waals surface area contributed by atoms with Crippen LogP contribution in [-0.2, 0) is 6.42 Å². The Hall–Kier alpha value is -2.73. The highest BCUT2D eigenvalue weighted by atomic mass is 32.1. The largest absolute Gasteiger partial charge is 0.493 e. The quantitative estimate of drug-likeness (QED) is 0.473. The first-order valence-corrected chi connectivity index (χ1v) is 7.69. The zero-order chi connectivity index (χ0) is 16.2. The maximum atomic E-state index is 9.93. The fraction of sp³-hybridized carbons (Fsp3) is 0.118. The van der Waals surface area contributed by atoms with Gasteiger partial charge in [-0.3, -0.25) is 0 Å². The van der Waals surface area contributed by atoms with Gasteiger partial charge in [0.15, 0.2) is 5.69 Å². The first-order valence-electron chi connectivity index (χ1n) is 7.28. The molecule has 0 saturated carbocycles. The molecular weight excluding hydrogens is 308 g/mol. The summed E-state index contributed by atoms with van der Waals surface area (Å²) in [6, 6.07) is 15.4. The minimum atomic E-state index is -0.0225. The van der Waals surface area contributed by atoms with Crippen LogP contribution in [0.2, 0.25) is 0 Å². The van der Waals surface area contributed by atoms with Crippen LogP contribution in [-0.4, -0.2) is 15.2 Å². The molecule has 0 amide bonds. The van der Waals surface area contributed by atoms with Gasteiger partial charge in [0.25, 0.3) is 0 Å². The standard InChI is InChI=1S/C17H16N4OS/c1-2-11-6-5-7-12(10-11)18-17(23)21-20-15-13-8-3-4-9-14(13)19-16(15)22/h3-10,19,22H,2H2,1H3,(H,18,23). The summed E-state index contributed by atoms with van der Waals surface area (Å²) in [6.07, 6.45) is 0.951. The minimum absolute atomic E-state index is 0.0225. The zero-order valence-electron chi connectivity index (χ0n) is 12.6. The molecule has 0 saturated heterocycles. The predicted molar refractivity (Wildman–Crippen MR) is 96.5 cm³/mol. The van der Waals surface area contributed by atoms with E-state index < -0.39 is 0 Å². The molecule has 6 heteroatoms. The highest BCUT2D eigenvalue weighted by molar-refractivity contribution is 7.80. The molecule has 0 aliphatic heterocycles. The molecule has 5 nitrogen and oxygen atoms in total. The van der Waals surface area contributed by atoms with Crippen LogP contribution in [0.4, 0.5) is 11.4 Å². The lowest BCUT2D eigenvalue weighted by Gasteiger charge is -2.04. The molecule has 1 heterocycles. The topological polar surface area (TPSA) is 72.8 Å². The van der Waals surface area contributed by atoms with E-state index in [9.17, 15) is 5.11 Å². The van der Waals surface area contributed by atoms with Gasteiger partial charge in [-0.1, -0.05) is 37.3 Å². The van der Waals surface area contributed by atoms with Crippen molar-refractivity contribution in [2.75, 3.05) is 5.32 Å². The van der Waals surface area contributed by atoms with E-state index in [0.717, 1.165) is 23.0 Å². The maximum absolute atomic E-state index is 9.93. The Kier molecular flexibility index (Phi) is 4.34. The highest BCUT2D eigenvalue weighted by Gasteiger charge is 2.09. The summed E-state index contributed by atoms with van der Waals surface area (Å²) in [4.78, 5) is 2.85. The van der Waals surface area contributed by atoms with Crippen LogP contribution in [0.1, 0.15) is 12.5 Å². The number of H-pyrrole nitrogens is 1. The average Bonchev–Trinajstić information content (AvgIpc) is 2.88. The van der Waals surface area contributed by atoms with E-state index in [0.29, 0.717) is 5.69 Å². The lowest BCUT2D eigenvalue weighted by atomic mass is 10.1. The third-order valence-electron chi connectivity index (χ3n) is 3.49. The number of para-hydroxylation sites is 1. The third-order valence-corrected chi connectivity index (χ3v) is 3.67. The average molecular weight is 324 g/mol. The molecule has 2 aromatic carbocycles. The van der Waals surface area contributed by atoms with E-state index in [4.69, 9.17) is 12.2 Å². The summed E-state index contributed by atoms with van der Waals surface area (Å²) in [5, 5.41) is 22.1. The molecule has 23 heavy (non-hydrogen) atoms. The van der Waals surface area contributed by atoms with Crippen LogP contribution in [0.3, 0.4) is 0 Å². The first kappa shape index (κ1) is 15.2. The number of aromatic hydroxyl groups is 1. The molecule has 116 valence electrons. The number of hydrogen-bond acceptors (Lipinski definition) is 3. The molecule has 0 radical (unpaired) electrons. The van der Waals surface area contributed by atoms with Crippen LogP contribution in [0, 0.1) is 0 Å². The van der Waals surface area contributed by atoms with E-state index in [1.54, 1.807) is 0 Å². The number of nitrogens with one attached hydrogen (secondary N) is 2. The third kappa shape index (κ3) is 3.37. The van der Waals surface area contributed by atoms with Crippen molar-refractivity contribution in [2.24, 2.45) is 10.2 Å². The Morgan fingerprint density at radius 1 is 1.22 bits per heavy atom. The van der Waals surface area contributed by atoms with Crippen molar-refractivity contribution in [1.82, 2.24) is 4.98 Å². The van der Waals surface area contributed by atoms with E-state index in [1.165, 1.54) is 5.56 Å². The van der Waals surface area contributed by atoms with Gasteiger partial charge in [-0.05, 0) is 42.4 Å². The van der Waals surface area contributed by atoms with Gasteiger partial charge in [0.1, 0.15) is 0 Å². The zero-order valence-corrected chi connectivity index (χ0v) is 13.4. The monoisotopic (exact) mass is 324 g/mol. The van der Waals surface area contributed by atoms with Crippen LogP contribution in [0.5, 0.6) is 5.88 Å². The van der Waals surface area contributed by atoms with Crippen molar-refractivity contribution in [3.63, 3.8) is 0 Å². The molecule has 3 rings (SSSR count). The summed E-state index contributed by atoms with van der Waals surface area (Å²) >= 11 is 5.19. The van der Waals surface area contributed by atoms with Crippen molar-refractivity contribution in [3.05, 3.63) is 54.1 Å². The number of aromatic nitrogens is 1. The Labute approximate surface area is 139 Å². The number of azo groups is 1. The molecule has 0 unspecified atom stereocenters. The fourth-order valence-corrected chi connectivity index (χ4v) is 2.49. The number of aromatic amines is 1. The Balaban J connectivity index is 1.78. The first-order chi connectivity index (χ1) is 11.2. The summed E-state index contributed by atoms with van der Waals surface area (Å²) in [5.74, 6) is -0.0225. The van der Waals surface area contributed by atoms with Gasteiger partial charge in [-0.2, -0.15) is 0 Å². The second kappa shape index (κ2) is 6.58. The van der Waals surface area contributed by atoms with Gasteiger partial charge in [0, 0.05) is 11.1 Å². The van der Waals surface area contributed by atoms with Crippen LogP contribution >= 0.6 is 12.2 Å². The molecule has 0 fully saturated rings. The lowest BCUT2D eigenvalue weighted by molar-refractivity contribution is 0.459. The summed E-state index contributed by atoms with van der Waals surface area (Å²) in [5.41, 5.74) is 3.26. The second-order valence-electron chi connectivity index (χ2n) is 5.05. The van der Waals surface area contributed by atoms with Gasteiger partial charge in [-0.15, -0.1) is 10.2 Å². The van der Waals surface area contributed by atoms with Gasteiger partial charge >= 0.3 is 0 Å². The van der Waals surface area contributed by atoms with Crippen molar-refractivity contribution in [3.8, 4) is 5.88 Å². The van der Waals surface area contributed by atoms with Crippen molar-refractivity contribution < 1.29 is 5.11 Å². The molecule has 0 spiro atoms. The van der Waals surface area contributed by atoms with Crippen LogP contribution < -0.4 is 5.32 Å². The number of rotatable bonds is 3. The van der Waals surface area contributed by atoms with Gasteiger partial charge in [0.2, 0.25) is 11.0 Å². The Morgan fingerprint density at radius 2 is 2.04 bits per heavy atom. The predicted octanol–water partition coefficient (Wildman–Crippen LogP) is 4.92. The maximum Gasteiger partial charge on any atom is 0.218 e. The number of anilines is 1. The van der Waals surface area contributed by atoms with E-state index in [1.807, 2.05) is 42.5 Å². The van der Waals surface area contributed by atoms with E-state index >= 15 is 0 Å². The molecule has 3 aromatic rings. The molecule has 0 bridgehead atoms. The lowest BCUT2D eigenvalue weighted by Crippen LogP contribution is -2.05. The molecule has 0 aliphatic rings. The SMILES string of the molecule is CCc1cccc(NC(=S)N=Nc2c(O)[nH]c3ccccc23)c1. The minimum Gasteiger partial charge on any atom is -0.493 e. The van der Waals surface area contributed by atoms with Crippen LogP contribution in [0.25, 0.3) is 10.9 Å². The fourth-order valence-electron chi connectivity index (χ4n) is 2.33. The molecular formula is C17H16N4OS. The van der Waals surface area contributed by atoms with Crippen molar-refractivity contribution in [2.45, 2.75) is 13.3 Å². The summed E-state index contributed by atoms with van der Waals surface area (Å²) in [7, 11) is 0. The number of fused-ring (bicyclic) bond motifs is 1. The smallest absolute Gasteiger partial charge is 0.218 e. The highest BCUT2D eigenvalue weighted by Crippen LogP contribution is 2.35. The molecule has 3 N–H and O–H groups in total. The number of aryl methyl sites for hydroxylation is 1. The van der Waals surface area contributed by atoms with Crippen molar-refractivity contribution in [1.29, 1.82) is 0 Å². The van der Waals surface area contributed by atoms with Gasteiger partial charge < -0.3 is 15.4 Å². The van der Waals surface area contributed by atoms with E-state index in [-0.39, 0.29) is 11.0 Å². The molecule has 0 atom stereocenters.